The Balaban J connectivity index is 1.83. The number of carbonyl (C=O) groups excluding carboxylic acids is 2. The quantitative estimate of drug-likeness (QED) is 0.365. The van der Waals surface area contributed by atoms with Gasteiger partial charge in [-0.3, -0.25) is 9.89 Å². The Hall–Kier alpha value is -3.13. The Labute approximate surface area is 192 Å². The first-order chi connectivity index (χ1) is 15.6. The van der Waals surface area contributed by atoms with Crippen molar-refractivity contribution in [2.75, 3.05) is 7.11 Å². The average Bonchev–Trinajstić information content (AvgIpc) is 3.21. The second-order valence-electron chi connectivity index (χ2n) is 8.05. The molecule has 1 aliphatic rings. The number of hydrogen-bond acceptors (Lipinski definition) is 4. The number of fused-ring (bicyclic) bond motifs is 1. The standard InChI is InChI=1S/C24H20ClF3N2O3/c1-12-6-11-17-20(21(30-29-17)13-7-9-14(10-8-13)23(32)33-2)18(12)22(31)19-15(24(26,27)28)4-3-5-16(19)25/h3-5,7-10,12,18H,6,11H2,1-2H3,(H,29,30). The number of benzene rings is 2. The average molecular weight is 477 g/mol. The van der Waals surface area contributed by atoms with Gasteiger partial charge in [-0.2, -0.15) is 18.3 Å². The minimum atomic E-state index is -4.72. The van der Waals surface area contributed by atoms with Gasteiger partial charge in [-0.15, -0.1) is 0 Å². The van der Waals surface area contributed by atoms with Gasteiger partial charge in [0, 0.05) is 22.4 Å². The molecule has 3 aromatic rings. The van der Waals surface area contributed by atoms with E-state index < -0.39 is 35.0 Å². The highest BCUT2D eigenvalue weighted by Crippen LogP contribution is 2.45. The smallest absolute Gasteiger partial charge is 0.417 e. The third-order valence-electron chi connectivity index (χ3n) is 6.04. The Bertz CT molecular complexity index is 1220. The van der Waals surface area contributed by atoms with Crippen molar-refractivity contribution in [3.63, 3.8) is 0 Å². The lowest BCUT2D eigenvalue weighted by molar-refractivity contribution is -0.137. The lowest BCUT2D eigenvalue weighted by Crippen LogP contribution is -2.28. The second-order valence-corrected chi connectivity index (χ2v) is 8.46. The predicted octanol–water partition coefficient (Wildman–Crippen LogP) is 6.08. The van der Waals surface area contributed by atoms with Gasteiger partial charge in [0.2, 0.25) is 0 Å². The number of ether oxygens (including phenoxy) is 1. The summed E-state index contributed by atoms with van der Waals surface area (Å²) in [6, 6.07) is 9.82. The third kappa shape index (κ3) is 4.15. The summed E-state index contributed by atoms with van der Waals surface area (Å²) in [6.45, 7) is 1.84. The van der Waals surface area contributed by atoms with Crippen LogP contribution in [0.2, 0.25) is 5.02 Å². The Morgan fingerprint density at radius 2 is 1.85 bits per heavy atom. The molecule has 0 spiro atoms. The van der Waals surface area contributed by atoms with Gasteiger partial charge >= 0.3 is 12.1 Å². The lowest BCUT2D eigenvalue weighted by Gasteiger charge is -2.29. The molecule has 0 aliphatic heterocycles. The molecule has 0 bridgehead atoms. The number of nitrogens with zero attached hydrogens (tertiary/aromatic N) is 1. The Morgan fingerprint density at radius 1 is 1.15 bits per heavy atom. The predicted molar refractivity (Wildman–Crippen MR) is 116 cm³/mol. The molecular formula is C24H20ClF3N2O3. The molecule has 0 amide bonds. The van der Waals surface area contributed by atoms with Gasteiger partial charge in [0.15, 0.2) is 5.78 Å². The van der Waals surface area contributed by atoms with Crippen molar-refractivity contribution >= 4 is 23.4 Å². The largest absolute Gasteiger partial charge is 0.465 e. The van der Waals surface area contributed by atoms with Gasteiger partial charge < -0.3 is 4.74 Å². The van der Waals surface area contributed by atoms with E-state index in [2.05, 4.69) is 10.2 Å². The van der Waals surface area contributed by atoms with Crippen molar-refractivity contribution in [2.24, 2.45) is 5.92 Å². The normalized spacial score (nSPS) is 18.0. The number of rotatable bonds is 4. The van der Waals surface area contributed by atoms with Crippen LogP contribution in [0.1, 0.15) is 56.8 Å². The zero-order valence-electron chi connectivity index (χ0n) is 17.8. The third-order valence-corrected chi connectivity index (χ3v) is 6.35. The van der Waals surface area contributed by atoms with Crippen LogP contribution in [0.15, 0.2) is 42.5 Å². The number of Topliss-reactive ketones (excluding diaryl/α,β-unsaturated/α-hetero) is 1. The molecular weight excluding hydrogens is 457 g/mol. The molecule has 0 fully saturated rings. The van der Waals surface area contributed by atoms with Gasteiger partial charge in [0.05, 0.1) is 34.9 Å². The maximum atomic E-state index is 13.7. The summed E-state index contributed by atoms with van der Waals surface area (Å²) in [5, 5.41) is 7.07. The van der Waals surface area contributed by atoms with Crippen molar-refractivity contribution < 1.29 is 27.5 Å². The van der Waals surface area contributed by atoms with Crippen LogP contribution in [-0.4, -0.2) is 29.1 Å². The SMILES string of the molecule is COC(=O)c1ccc(-c2n[nH]c3c2C(C(=O)c2c(Cl)cccc2C(F)(F)F)C(C)CC3)cc1. The summed E-state index contributed by atoms with van der Waals surface area (Å²) in [5.41, 5.74) is 1.14. The molecule has 1 aromatic heterocycles. The van der Waals surface area contributed by atoms with Crippen LogP contribution in [0.5, 0.6) is 0 Å². The fourth-order valence-electron chi connectivity index (χ4n) is 4.39. The van der Waals surface area contributed by atoms with Crippen LogP contribution in [0, 0.1) is 5.92 Å². The first kappa shape index (κ1) is 23.0. The van der Waals surface area contributed by atoms with Gasteiger partial charge in [0.1, 0.15) is 0 Å². The van der Waals surface area contributed by atoms with Crippen LogP contribution in [0.4, 0.5) is 13.2 Å². The van der Waals surface area contributed by atoms with Gasteiger partial charge in [-0.1, -0.05) is 36.7 Å². The molecule has 0 radical (unpaired) electrons. The van der Waals surface area contributed by atoms with E-state index in [0.717, 1.165) is 6.07 Å². The minimum absolute atomic E-state index is 0.229. The molecule has 1 aliphatic carbocycles. The number of methoxy groups -OCH3 is 1. The maximum absolute atomic E-state index is 13.7. The number of aromatic amines is 1. The Kier molecular flexibility index (Phi) is 6.05. The van der Waals surface area contributed by atoms with Gasteiger partial charge in [-0.05, 0) is 43.0 Å². The number of aryl methyl sites for hydroxylation is 1. The topological polar surface area (TPSA) is 72.0 Å². The lowest BCUT2D eigenvalue weighted by atomic mass is 9.73. The summed E-state index contributed by atoms with van der Waals surface area (Å²) >= 11 is 6.13. The monoisotopic (exact) mass is 476 g/mol. The number of nitrogens with one attached hydrogen (secondary N) is 1. The highest BCUT2D eigenvalue weighted by atomic mass is 35.5. The summed E-state index contributed by atoms with van der Waals surface area (Å²) < 4.78 is 45.8. The number of H-pyrrole nitrogens is 1. The highest BCUT2D eigenvalue weighted by Gasteiger charge is 2.42. The van der Waals surface area contributed by atoms with Crippen LogP contribution in [-0.2, 0) is 17.3 Å². The van der Waals surface area contributed by atoms with E-state index in [1.807, 2.05) is 6.92 Å². The molecule has 4 rings (SSSR count). The van der Waals surface area contributed by atoms with Crippen molar-refractivity contribution in [3.05, 3.63) is 75.4 Å². The number of alkyl halides is 3. The van der Waals surface area contributed by atoms with Crippen molar-refractivity contribution in [1.82, 2.24) is 10.2 Å². The van der Waals surface area contributed by atoms with Crippen LogP contribution >= 0.6 is 11.6 Å². The van der Waals surface area contributed by atoms with Crippen molar-refractivity contribution in [3.8, 4) is 11.3 Å². The molecule has 0 saturated heterocycles. The zero-order chi connectivity index (χ0) is 23.9. The molecule has 0 saturated carbocycles. The van der Waals surface area contributed by atoms with Crippen LogP contribution < -0.4 is 0 Å². The first-order valence-corrected chi connectivity index (χ1v) is 10.7. The minimum Gasteiger partial charge on any atom is -0.465 e. The summed E-state index contributed by atoms with van der Waals surface area (Å²) in [6.07, 6.45) is -3.50. The molecule has 9 heteroatoms. The number of ketones is 1. The van der Waals surface area contributed by atoms with Crippen molar-refractivity contribution in [2.45, 2.75) is 31.9 Å². The zero-order valence-corrected chi connectivity index (χ0v) is 18.6. The van der Waals surface area contributed by atoms with E-state index in [1.54, 1.807) is 24.3 Å². The van der Waals surface area contributed by atoms with E-state index in [4.69, 9.17) is 16.3 Å². The van der Waals surface area contributed by atoms with Gasteiger partial charge in [0.25, 0.3) is 0 Å². The molecule has 172 valence electrons. The second kappa shape index (κ2) is 8.67. The van der Waals surface area contributed by atoms with Gasteiger partial charge in [-0.25, -0.2) is 4.79 Å². The molecule has 1 N–H and O–H groups in total. The molecule has 2 aromatic carbocycles. The van der Waals surface area contributed by atoms with Crippen LogP contribution in [0.25, 0.3) is 11.3 Å². The van der Waals surface area contributed by atoms with Crippen LogP contribution in [0.3, 0.4) is 0 Å². The highest BCUT2D eigenvalue weighted by molar-refractivity contribution is 6.34. The van der Waals surface area contributed by atoms with E-state index >= 15 is 0 Å². The van der Waals surface area contributed by atoms with Crippen molar-refractivity contribution in [1.29, 1.82) is 0 Å². The fraction of sp³-hybridized carbons (Fsp3) is 0.292. The molecule has 2 unspecified atom stereocenters. The molecule has 2 atom stereocenters. The number of hydrogen-bond donors (Lipinski definition) is 1. The fourth-order valence-corrected chi connectivity index (χ4v) is 4.66. The number of esters is 1. The summed E-state index contributed by atoms with van der Waals surface area (Å²) in [5.74, 6) is -2.27. The summed E-state index contributed by atoms with van der Waals surface area (Å²) in [4.78, 5) is 25.4. The number of halogens is 4. The summed E-state index contributed by atoms with van der Waals surface area (Å²) in [7, 11) is 1.28. The maximum Gasteiger partial charge on any atom is 0.417 e. The number of aromatic nitrogens is 2. The van der Waals surface area contributed by atoms with E-state index in [9.17, 15) is 22.8 Å². The van der Waals surface area contributed by atoms with E-state index in [1.165, 1.54) is 19.2 Å². The molecule has 33 heavy (non-hydrogen) atoms. The molecule has 1 heterocycles. The van der Waals surface area contributed by atoms with E-state index in [-0.39, 0.29) is 10.9 Å². The molecule has 5 nitrogen and oxygen atoms in total. The first-order valence-electron chi connectivity index (χ1n) is 10.3. The number of carbonyl (C=O) groups is 2. The Morgan fingerprint density at radius 3 is 2.48 bits per heavy atom. The van der Waals surface area contributed by atoms with E-state index in [0.29, 0.717) is 40.9 Å².